The van der Waals surface area contributed by atoms with Gasteiger partial charge in [0, 0.05) is 18.3 Å². The third-order valence-electron chi connectivity index (χ3n) is 3.68. The van der Waals surface area contributed by atoms with E-state index in [0.717, 1.165) is 11.3 Å². The molecular weight excluding hydrogens is 307 g/mol. The van der Waals surface area contributed by atoms with Crippen molar-refractivity contribution in [3.8, 4) is 0 Å². The summed E-state index contributed by atoms with van der Waals surface area (Å²) in [6, 6.07) is 13.1. The van der Waals surface area contributed by atoms with Gasteiger partial charge in [-0.15, -0.1) is 0 Å². The Hall–Kier alpha value is -2.69. The van der Waals surface area contributed by atoms with Crippen LogP contribution < -0.4 is 10.2 Å². The van der Waals surface area contributed by atoms with Crippen molar-refractivity contribution < 1.29 is 14.0 Å². The lowest BCUT2D eigenvalue weighted by Crippen LogP contribution is -2.36. The van der Waals surface area contributed by atoms with E-state index >= 15 is 0 Å². The molecule has 0 aliphatic heterocycles. The lowest BCUT2D eigenvalue weighted by Gasteiger charge is -2.21. The molecule has 2 amide bonds. The zero-order chi connectivity index (χ0) is 17.7. The van der Waals surface area contributed by atoms with Gasteiger partial charge in [0.15, 0.2) is 0 Å². The first-order chi connectivity index (χ1) is 11.4. The van der Waals surface area contributed by atoms with Crippen LogP contribution in [0.2, 0.25) is 0 Å². The highest BCUT2D eigenvalue weighted by Gasteiger charge is 2.17. The number of rotatable bonds is 5. The molecule has 0 aliphatic carbocycles. The Morgan fingerprint density at radius 2 is 1.71 bits per heavy atom. The minimum atomic E-state index is -0.391. The molecule has 0 aliphatic rings. The van der Waals surface area contributed by atoms with E-state index in [1.54, 1.807) is 0 Å². The van der Waals surface area contributed by atoms with Gasteiger partial charge in [-0.3, -0.25) is 9.59 Å². The van der Waals surface area contributed by atoms with Crippen LogP contribution in [-0.2, 0) is 9.59 Å². The van der Waals surface area contributed by atoms with Gasteiger partial charge in [0.1, 0.15) is 12.4 Å². The van der Waals surface area contributed by atoms with E-state index in [0.29, 0.717) is 5.69 Å². The number of nitrogens with zero attached hydrogens (tertiary/aromatic N) is 1. The summed E-state index contributed by atoms with van der Waals surface area (Å²) in [4.78, 5) is 25.5. The number of para-hydroxylation sites is 1. The van der Waals surface area contributed by atoms with Crippen molar-refractivity contribution in [2.45, 2.75) is 26.7 Å². The first-order valence-corrected chi connectivity index (χ1v) is 7.81. The highest BCUT2D eigenvalue weighted by Crippen LogP contribution is 2.24. The molecule has 0 aromatic heterocycles. The predicted octanol–water partition coefficient (Wildman–Crippen LogP) is 3.94. The van der Waals surface area contributed by atoms with E-state index < -0.39 is 5.82 Å². The summed E-state index contributed by atoms with van der Waals surface area (Å²) in [7, 11) is 0. The average molecular weight is 328 g/mol. The van der Waals surface area contributed by atoms with E-state index in [-0.39, 0.29) is 24.3 Å². The Labute approximate surface area is 141 Å². The molecule has 126 valence electrons. The zero-order valence-electron chi connectivity index (χ0n) is 14.0. The Balaban J connectivity index is 2.15. The molecule has 0 saturated carbocycles. The summed E-state index contributed by atoms with van der Waals surface area (Å²) in [6.07, 6.45) is 0. The normalized spacial score (nSPS) is 10.5. The maximum Gasteiger partial charge on any atom is 0.244 e. The van der Waals surface area contributed by atoms with E-state index in [4.69, 9.17) is 0 Å². The summed E-state index contributed by atoms with van der Waals surface area (Å²) in [5, 5.41) is 2.85. The lowest BCUT2D eigenvalue weighted by molar-refractivity contribution is -0.120. The number of anilines is 2. The van der Waals surface area contributed by atoms with E-state index in [1.807, 2.05) is 38.1 Å². The Morgan fingerprint density at radius 3 is 2.29 bits per heavy atom. The molecule has 2 rings (SSSR count). The number of carbonyl (C=O) groups excluding carboxylic acids is 2. The number of nitrogens with one attached hydrogen (secondary N) is 1. The molecule has 4 nitrogen and oxygen atoms in total. The molecule has 0 saturated heterocycles. The molecule has 5 heteroatoms. The molecule has 0 bridgehead atoms. The minimum absolute atomic E-state index is 0.132. The fourth-order valence-electron chi connectivity index (χ4n) is 2.45. The first kappa shape index (κ1) is 17.7. The minimum Gasteiger partial charge on any atom is -0.324 e. The van der Waals surface area contributed by atoms with Crippen molar-refractivity contribution in [2.24, 2.45) is 0 Å². The molecule has 0 radical (unpaired) electrons. The van der Waals surface area contributed by atoms with Crippen molar-refractivity contribution >= 4 is 23.2 Å². The van der Waals surface area contributed by atoms with E-state index in [1.165, 1.54) is 36.1 Å². The largest absolute Gasteiger partial charge is 0.324 e. The van der Waals surface area contributed by atoms with Gasteiger partial charge in [-0.1, -0.05) is 32.0 Å². The van der Waals surface area contributed by atoms with Gasteiger partial charge < -0.3 is 10.2 Å². The van der Waals surface area contributed by atoms with E-state index in [2.05, 4.69) is 5.32 Å². The number of hydrogen-bond acceptors (Lipinski definition) is 2. The smallest absolute Gasteiger partial charge is 0.244 e. The Kier molecular flexibility index (Phi) is 5.68. The van der Waals surface area contributed by atoms with Crippen molar-refractivity contribution in [1.29, 1.82) is 0 Å². The maximum atomic E-state index is 13.0. The predicted molar refractivity (Wildman–Crippen MR) is 93.6 cm³/mol. The van der Waals surface area contributed by atoms with Crippen LogP contribution in [0.4, 0.5) is 15.8 Å². The summed E-state index contributed by atoms with van der Waals surface area (Å²) < 4.78 is 13.0. The molecule has 0 spiro atoms. The zero-order valence-corrected chi connectivity index (χ0v) is 14.0. The molecule has 0 unspecified atom stereocenters. The molecule has 0 fully saturated rings. The van der Waals surface area contributed by atoms with Crippen LogP contribution in [0.3, 0.4) is 0 Å². The van der Waals surface area contributed by atoms with Crippen LogP contribution in [0.15, 0.2) is 48.5 Å². The second-order valence-corrected chi connectivity index (χ2v) is 5.87. The van der Waals surface area contributed by atoms with Gasteiger partial charge in [0.2, 0.25) is 11.8 Å². The van der Waals surface area contributed by atoms with Crippen molar-refractivity contribution in [3.05, 3.63) is 59.9 Å². The number of hydrogen-bond donors (Lipinski definition) is 1. The SMILES string of the molecule is CC(=O)N(CC(=O)Nc1ccccc1C(C)C)c1ccc(F)cc1. The maximum absolute atomic E-state index is 13.0. The molecule has 0 heterocycles. The van der Waals surface area contributed by atoms with Crippen molar-refractivity contribution in [1.82, 2.24) is 0 Å². The second kappa shape index (κ2) is 7.73. The fourth-order valence-corrected chi connectivity index (χ4v) is 2.45. The van der Waals surface area contributed by atoms with Gasteiger partial charge in [-0.2, -0.15) is 0 Å². The molecule has 0 atom stereocenters. The van der Waals surface area contributed by atoms with Crippen molar-refractivity contribution in [2.75, 3.05) is 16.8 Å². The average Bonchev–Trinajstić information content (AvgIpc) is 2.53. The van der Waals surface area contributed by atoms with Crippen LogP contribution in [-0.4, -0.2) is 18.4 Å². The van der Waals surface area contributed by atoms with Crippen molar-refractivity contribution in [3.63, 3.8) is 0 Å². The monoisotopic (exact) mass is 328 g/mol. The van der Waals surface area contributed by atoms with Crippen LogP contribution in [0.1, 0.15) is 32.3 Å². The number of benzene rings is 2. The third kappa shape index (κ3) is 4.41. The van der Waals surface area contributed by atoms with Gasteiger partial charge >= 0.3 is 0 Å². The topological polar surface area (TPSA) is 49.4 Å². The Morgan fingerprint density at radius 1 is 1.08 bits per heavy atom. The highest BCUT2D eigenvalue weighted by atomic mass is 19.1. The standard InChI is InChI=1S/C19H21FN2O2/c1-13(2)17-6-4-5-7-18(17)21-19(24)12-22(14(3)23)16-10-8-15(20)9-11-16/h4-11,13H,12H2,1-3H3,(H,21,24). The molecule has 24 heavy (non-hydrogen) atoms. The van der Waals surface area contributed by atoms with Gasteiger partial charge in [0.05, 0.1) is 0 Å². The Bertz CT molecular complexity index is 726. The fraction of sp³-hybridized carbons (Fsp3) is 0.263. The van der Waals surface area contributed by atoms with Crippen LogP contribution >= 0.6 is 0 Å². The molecule has 2 aromatic carbocycles. The van der Waals surface area contributed by atoms with Crippen LogP contribution in [0.5, 0.6) is 0 Å². The number of carbonyl (C=O) groups is 2. The quantitative estimate of drug-likeness (QED) is 0.904. The second-order valence-electron chi connectivity index (χ2n) is 5.87. The number of halogens is 1. The molecule has 1 N–H and O–H groups in total. The first-order valence-electron chi connectivity index (χ1n) is 7.81. The van der Waals surface area contributed by atoms with Crippen LogP contribution in [0, 0.1) is 5.82 Å². The van der Waals surface area contributed by atoms with Gasteiger partial charge in [-0.25, -0.2) is 4.39 Å². The van der Waals surface area contributed by atoms with Crippen LogP contribution in [0.25, 0.3) is 0 Å². The molecular formula is C19H21FN2O2. The molecule has 2 aromatic rings. The van der Waals surface area contributed by atoms with Gasteiger partial charge in [-0.05, 0) is 41.8 Å². The summed E-state index contributed by atoms with van der Waals surface area (Å²) >= 11 is 0. The number of amides is 2. The van der Waals surface area contributed by atoms with E-state index in [9.17, 15) is 14.0 Å². The lowest BCUT2D eigenvalue weighted by atomic mass is 10.0. The highest BCUT2D eigenvalue weighted by molar-refractivity contribution is 6.02. The summed E-state index contributed by atoms with van der Waals surface area (Å²) in [5.41, 5.74) is 2.25. The third-order valence-corrected chi connectivity index (χ3v) is 3.68. The van der Waals surface area contributed by atoms with Gasteiger partial charge in [0.25, 0.3) is 0 Å². The summed E-state index contributed by atoms with van der Waals surface area (Å²) in [5.74, 6) is -0.711. The summed E-state index contributed by atoms with van der Waals surface area (Å²) in [6.45, 7) is 5.34.